The SMILES string of the molecule is CCC(NC(=O)CCl)c1nnc2n1CCCCC2. The minimum atomic E-state index is -0.158. The summed E-state index contributed by atoms with van der Waals surface area (Å²) in [6, 6.07) is -0.0874. The van der Waals surface area contributed by atoms with Gasteiger partial charge in [-0.05, 0) is 19.3 Å². The van der Waals surface area contributed by atoms with Gasteiger partial charge in [0.15, 0.2) is 5.82 Å². The number of carbonyl (C=O) groups is 1. The third-order valence-electron chi connectivity index (χ3n) is 3.31. The monoisotopic (exact) mass is 270 g/mol. The second kappa shape index (κ2) is 6.18. The van der Waals surface area contributed by atoms with Crippen molar-refractivity contribution >= 4 is 17.5 Å². The third-order valence-corrected chi connectivity index (χ3v) is 3.56. The molecule has 0 aromatic carbocycles. The Morgan fingerprint density at radius 1 is 1.44 bits per heavy atom. The number of alkyl halides is 1. The molecule has 1 amide bonds. The second-order valence-electron chi connectivity index (χ2n) is 4.60. The van der Waals surface area contributed by atoms with Crippen molar-refractivity contribution in [2.75, 3.05) is 5.88 Å². The van der Waals surface area contributed by atoms with Crippen LogP contribution in [0.2, 0.25) is 0 Å². The van der Waals surface area contributed by atoms with Gasteiger partial charge in [-0.15, -0.1) is 21.8 Å². The Balaban J connectivity index is 2.20. The molecule has 1 atom stereocenters. The van der Waals surface area contributed by atoms with Crippen molar-refractivity contribution in [2.24, 2.45) is 0 Å². The van der Waals surface area contributed by atoms with Crippen molar-refractivity contribution in [3.05, 3.63) is 11.6 Å². The van der Waals surface area contributed by atoms with Gasteiger partial charge in [-0.25, -0.2) is 0 Å². The van der Waals surface area contributed by atoms with Crippen LogP contribution < -0.4 is 5.32 Å². The maximum atomic E-state index is 11.4. The highest BCUT2D eigenvalue weighted by Crippen LogP contribution is 2.20. The number of aryl methyl sites for hydroxylation is 1. The van der Waals surface area contributed by atoms with Crippen molar-refractivity contribution < 1.29 is 4.79 Å². The summed E-state index contributed by atoms with van der Waals surface area (Å²) in [4.78, 5) is 11.4. The Labute approximate surface area is 112 Å². The van der Waals surface area contributed by atoms with Crippen LogP contribution in [0, 0.1) is 0 Å². The first-order valence-corrected chi connectivity index (χ1v) is 7.07. The summed E-state index contributed by atoms with van der Waals surface area (Å²) in [7, 11) is 0. The molecule has 0 radical (unpaired) electrons. The van der Waals surface area contributed by atoms with E-state index in [1.54, 1.807) is 0 Å². The summed E-state index contributed by atoms with van der Waals surface area (Å²) in [5, 5.41) is 11.4. The van der Waals surface area contributed by atoms with E-state index in [1.807, 2.05) is 6.92 Å². The quantitative estimate of drug-likeness (QED) is 0.849. The third kappa shape index (κ3) is 2.83. The molecule has 0 saturated heterocycles. The standard InChI is InChI=1S/C12H19ClN4O/c1-2-9(14-11(18)8-13)12-16-15-10-6-4-3-5-7-17(10)12/h9H,2-8H2,1H3,(H,14,18). The lowest BCUT2D eigenvalue weighted by atomic mass is 10.2. The number of hydrogen-bond donors (Lipinski definition) is 1. The lowest BCUT2D eigenvalue weighted by Crippen LogP contribution is -2.31. The average Bonchev–Trinajstić information content (AvgIpc) is 2.64. The molecule has 1 aliphatic heterocycles. The van der Waals surface area contributed by atoms with E-state index in [4.69, 9.17) is 11.6 Å². The number of nitrogens with zero attached hydrogens (tertiary/aromatic N) is 3. The highest BCUT2D eigenvalue weighted by atomic mass is 35.5. The van der Waals surface area contributed by atoms with Gasteiger partial charge in [0.25, 0.3) is 0 Å². The summed E-state index contributed by atoms with van der Waals surface area (Å²) >= 11 is 5.53. The van der Waals surface area contributed by atoms with Gasteiger partial charge >= 0.3 is 0 Å². The Bertz CT molecular complexity index is 418. The van der Waals surface area contributed by atoms with Gasteiger partial charge in [-0.3, -0.25) is 4.79 Å². The van der Waals surface area contributed by atoms with E-state index < -0.39 is 0 Å². The van der Waals surface area contributed by atoms with Gasteiger partial charge in [0.2, 0.25) is 5.91 Å². The van der Waals surface area contributed by atoms with Crippen molar-refractivity contribution in [3.63, 3.8) is 0 Å². The molecule has 1 aromatic rings. The van der Waals surface area contributed by atoms with Crippen molar-refractivity contribution in [1.29, 1.82) is 0 Å². The molecule has 100 valence electrons. The van der Waals surface area contributed by atoms with E-state index >= 15 is 0 Å². The van der Waals surface area contributed by atoms with Gasteiger partial charge in [0.05, 0.1) is 6.04 Å². The normalized spacial score (nSPS) is 16.8. The summed E-state index contributed by atoms with van der Waals surface area (Å²) in [6.07, 6.45) is 5.32. The van der Waals surface area contributed by atoms with E-state index in [2.05, 4.69) is 20.1 Å². The zero-order chi connectivity index (χ0) is 13.0. The van der Waals surface area contributed by atoms with E-state index in [1.165, 1.54) is 12.8 Å². The highest BCUT2D eigenvalue weighted by Gasteiger charge is 2.22. The Hall–Kier alpha value is -1.10. The number of nitrogens with one attached hydrogen (secondary N) is 1. The summed E-state index contributed by atoms with van der Waals surface area (Å²) in [5.41, 5.74) is 0. The van der Waals surface area contributed by atoms with Gasteiger partial charge < -0.3 is 9.88 Å². The lowest BCUT2D eigenvalue weighted by Gasteiger charge is -2.17. The number of halogens is 1. The molecule has 0 aliphatic carbocycles. The van der Waals surface area contributed by atoms with Gasteiger partial charge in [0, 0.05) is 13.0 Å². The molecular formula is C12H19ClN4O. The first-order chi connectivity index (χ1) is 8.76. The number of rotatable bonds is 4. The zero-order valence-electron chi connectivity index (χ0n) is 10.7. The Morgan fingerprint density at radius 2 is 2.28 bits per heavy atom. The molecule has 1 N–H and O–H groups in total. The predicted octanol–water partition coefficient (Wildman–Crippen LogP) is 1.81. The van der Waals surface area contributed by atoms with Crippen LogP contribution in [0.15, 0.2) is 0 Å². The van der Waals surface area contributed by atoms with Crippen molar-refractivity contribution in [2.45, 2.75) is 51.6 Å². The first kappa shape index (κ1) is 13.3. The lowest BCUT2D eigenvalue weighted by molar-refractivity contribution is -0.119. The molecule has 2 heterocycles. The fourth-order valence-corrected chi connectivity index (χ4v) is 2.42. The van der Waals surface area contributed by atoms with Crippen LogP contribution in [-0.4, -0.2) is 26.6 Å². The van der Waals surface area contributed by atoms with E-state index in [-0.39, 0.29) is 17.8 Å². The molecule has 2 rings (SSSR count). The molecule has 1 aromatic heterocycles. The fraction of sp³-hybridized carbons (Fsp3) is 0.750. The molecule has 18 heavy (non-hydrogen) atoms. The molecular weight excluding hydrogens is 252 g/mol. The van der Waals surface area contributed by atoms with E-state index in [0.717, 1.165) is 37.5 Å². The minimum Gasteiger partial charge on any atom is -0.345 e. The number of aromatic nitrogens is 3. The minimum absolute atomic E-state index is 0.0164. The molecule has 1 aliphatic rings. The molecule has 5 nitrogen and oxygen atoms in total. The van der Waals surface area contributed by atoms with Crippen LogP contribution in [0.3, 0.4) is 0 Å². The van der Waals surface area contributed by atoms with Crippen LogP contribution in [0.5, 0.6) is 0 Å². The first-order valence-electron chi connectivity index (χ1n) is 6.53. The van der Waals surface area contributed by atoms with Gasteiger partial charge in [-0.1, -0.05) is 13.3 Å². The summed E-state index contributed by atoms with van der Waals surface area (Å²) in [5.74, 6) is 1.74. The molecule has 0 saturated carbocycles. The maximum absolute atomic E-state index is 11.4. The number of carbonyl (C=O) groups excluding carboxylic acids is 1. The summed E-state index contributed by atoms with van der Waals surface area (Å²) in [6.45, 7) is 2.97. The van der Waals surface area contributed by atoms with Crippen LogP contribution in [0.25, 0.3) is 0 Å². The Morgan fingerprint density at radius 3 is 3.00 bits per heavy atom. The number of hydrogen-bond acceptors (Lipinski definition) is 3. The van der Waals surface area contributed by atoms with Gasteiger partial charge in [-0.2, -0.15) is 0 Å². The van der Waals surface area contributed by atoms with E-state index in [9.17, 15) is 4.79 Å². The van der Waals surface area contributed by atoms with Crippen LogP contribution in [-0.2, 0) is 17.8 Å². The van der Waals surface area contributed by atoms with E-state index in [0.29, 0.717) is 0 Å². The highest BCUT2D eigenvalue weighted by molar-refractivity contribution is 6.27. The average molecular weight is 271 g/mol. The zero-order valence-corrected chi connectivity index (χ0v) is 11.4. The molecule has 0 fully saturated rings. The number of fused-ring (bicyclic) bond motifs is 1. The molecule has 0 spiro atoms. The Kier molecular flexibility index (Phi) is 4.58. The topological polar surface area (TPSA) is 59.8 Å². The molecule has 1 unspecified atom stereocenters. The smallest absolute Gasteiger partial charge is 0.235 e. The van der Waals surface area contributed by atoms with Crippen LogP contribution >= 0.6 is 11.6 Å². The number of amides is 1. The molecule has 0 bridgehead atoms. The fourth-order valence-electron chi connectivity index (χ4n) is 2.35. The van der Waals surface area contributed by atoms with Crippen molar-refractivity contribution in [3.8, 4) is 0 Å². The summed E-state index contributed by atoms with van der Waals surface area (Å²) < 4.78 is 2.16. The maximum Gasteiger partial charge on any atom is 0.235 e. The second-order valence-corrected chi connectivity index (χ2v) is 4.87. The molecule has 6 heteroatoms. The van der Waals surface area contributed by atoms with Gasteiger partial charge in [0.1, 0.15) is 11.7 Å². The predicted molar refractivity (Wildman–Crippen MR) is 69.5 cm³/mol. The van der Waals surface area contributed by atoms with Crippen molar-refractivity contribution in [1.82, 2.24) is 20.1 Å². The van der Waals surface area contributed by atoms with Crippen LogP contribution in [0.4, 0.5) is 0 Å². The largest absolute Gasteiger partial charge is 0.345 e. The van der Waals surface area contributed by atoms with Crippen LogP contribution in [0.1, 0.15) is 50.3 Å².